The summed E-state index contributed by atoms with van der Waals surface area (Å²) in [5.41, 5.74) is -1.37. The molecule has 0 saturated carbocycles. The molecule has 19 nitrogen and oxygen atoms in total. The number of aromatic hydroxyl groups is 2. The van der Waals surface area contributed by atoms with Gasteiger partial charge < -0.3 is 89.4 Å². The van der Waals surface area contributed by atoms with Gasteiger partial charge in [0.2, 0.25) is 6.29 Å². The predicted octanol–water partition coefficient (Wildman–Crippen LogP) is -3.58. The highest BCUT2D eigenvalue weighted by Gasteiger charge is 2.52. The Hall–Kier alpha value is -3.51. The molecule has 0 bridgehead atoms. The molecule has 4 heterocycles. The predicted molar refractivity (Wildman–Crippen MR) is 170 cm³/mol. The van der Waals surface area contributed by atoms with Gasteiger partial charge in [-0.25, -0.2) is 0 Å². The second kappa shape index (κ2) is 15.1. The molecule has 0 spiro atoms. The van der Waals surface area contributed by atoms with Crippen molar-refractivity contribution in [2.45, 2.75) is 98.9 Å². The minimum Gasteiger partial charge on any atom is -0.508 e. The molecule has 3 aromatic rings. The molecule has 19 heteroatoms. The largest absolute Gasteiger partial charge is 0.508 e. The standard InChI is InChI=1S/C33H40O19/c1-10-21(38)25(42)28(45)32(47-10)52-31-27(44)23(40)17(8-34)49-30(31)20-16(50-33-29(46)26(43)22(39)18(9-35)51-33)7-15-19(24(20)41)13(37)6-14(48-15)11-2-4-12(36)5-3-11/h2-7,10,17-18,21-23,25-36,38-46H,8-9H2,1H3/t10-,17-,18-,21+,22-,23-,25+,26+,27+,28+,29-,30+,31-,32+,33-/m1/s1. The van der Waals surface area contributed by atoms with Crippen LogP contribution >= 0.6 is 0 Å². The lowest BCUT2D eigenvalue weighted by Gasteiger charge is -2.46. The fourth-order valence-corrected chi connectivity index (χ4v) is 6.48. The summed E-state index contributed by atoms with van der Waals surface area (Å²) in [7, 11) is 0. The molecule has 0 amide bonds. The quantitative estimate of drug-likeness (QED) is 0.106. The highest BCUT2D eigenvalue weighted by atomic mass is 16.7. The highest BCUT2D eigenvalue weighted by molar-refractivity contribution is 5.88. The summed E-state index contributed by atoms with van der Waals surface area (Å²) in [6, 6.07) is 7.63. The van der Waals surface area contributed by atoms with Crippen LogP contribution in [0.3, 0.4) is 0 Å². The monoisotopic (exact) mass is 740 g/mol. The Bertz CT molecular complexity index is 1760. The maximum Gasteiger partial charge on any atom is 0.229 e. The van der Waals surface area contributed by atoms with E-state index in [9.17, 15) is 66.1 Å². The minimum absolute atomic E-state index is 0.0317. The van der Waals surface area contributed by atoms with Crippen LogP contribution in [0.2, 0.25) is 0 Å². The van der Waals surface area contributed by atoms with Crippen molar-refractivity contribution in [3.8, 4) is 28.6 Å². The van der Waals surface area contributed by atoms with Crippen molar-refractivity contribution in [1.82, 2.24) is 0 Å². The first-order valence-corrected chi connectivity index (χ1v) is 16.2. The van der Waals surface area contributed by atoms with Crippen LogP contribution in [0, 0.1) is 0 Å². The van der Waals surface area contributed by atoms with E-state index in [0.29, 0.717) is 5.56 Å². The van der Waals surface area contributed by atoms with Crippen molar-refractivity contribution >= 4 is 11.0 Å². The third-order valence-corrected chi connectivity index (χ3v) is 9.49. The third kappa shape index (κ3) is 6.85. The molecule has 15 atom stereocenters. The summed E-state index contributed by atoms with van der Waals surface area (Å²) in [6.45, 7) is -0.384. The molecule has 2 aromatic carbocycles. The van der Waals surface area contributed by atoms with Crippen molar-refractivity contribution < 1.29 is 89.4 Å². The summed E-state index contributed by atoms with van der Waals surface area (Å²) in [5, 5.41) is 126. The molecule has 0 unspecified atom stereocenters. The molecule has 12 N–H and O–H groups in total. The number of phenolic OH excluding ortho intramolecular Hbond substituents is 2. The summed E-state index contributed by atoms with van der Waals surface area (Å²) >= 11 is 0. The fraction of sp³-hybridized carbons (Fsp3) is 0.545. The van der Waals surface area contributed by atoms with Crippen LogP contribution in [0.25, 0.3) is 22.3 Å². The lowest BCUT2D eigenvalue weighted by Crippen LogP contribution is -2.62. The van der Waals surface area contributed by atoms with Gasteiger partial charge in [0.05, 0.1) is 24.9 Å². The van der Waals surface area contributed by atoms with Crippen LogP contribution in [0.1, 0.15) is 18.6 Å². The Balaban J connectivity index is 1.52. The van der Waals surface area contributed by atoms with Crippen LogP contribution in [0.4, 0.5) is 0 Å². The summed E-state index contributed by atoms with van der Waals surface area (Å²) in [5.74, 6) is -1.56. The summed E-state index contributed by atoms with van der Waals surface area (Å²) < 4.78 is 34.7. The Morgan fingerprint density at radius 1 is 0.692 bits per heavy atom. The van der Waals surface area contributed by atoms with Gasteiger partial charge in [-0.15, -0.1) is 0 Å². The summed E-state index contributed by atoms with van der Waals surface area (Å²) in [4.78, 5) is 13.6. The summed E-state index contributed by atoms with van der Waals surface area (Å²) in [6.07, 6.45) is -26.4. The topological polar surface area (TPSA) is 319 Å². The van der Waals surface area contributed by atoms with Crippen molar-refractivity contribution in [3.05, 3.63) is 52.2 Å². The number of benzene rings is 2. The smallest absolute Gasteiger partial charge is 0.229 e. The lowest BCUT2D eigenvalue weighted by atomic mass is 9.89. The van der Waals surface area contributed by atoms with Gasteiger partial charge in [0.25, 0.3) is 0 Å². The minimum atomic E-state index is -2.01. The second-order valence-electron chi connectivity index (χ2n) is 12.9. The molecule has 286 valence electrons. The van der Waals surface area contributed by atoms with E-state index in [-0.39, 0.29) is 17.1 Å². The van der Waals surface area contributed by atoms with Gasteiger partial charge in [-0.2, -0.15) is 0 Å². The number of aliphatic hydroxyl groups excluding tert-OH is 10. The van der Waals surface area contributed by atoms with E-state index in [1.165, 1.54) is 31.2 Å². The van der Waals surface area contributed by atoms with E-state index in [1.807, 2.05) is 0 Å². The van der Waals surface area contributed by atoms with Crippen molar-refractivity contribution in [3.63, 3.8) is 0 Å². The maximum absolute atomic E-state index is 13.6. The van der Waals surface area contributed by atoms with Gasteiger partial charge in [-0.05, 0) is 31.2 Å². The first-order chi connectivity index (χ1) is 24.7. The van der Waals surface area contributed by atoms with Gasteiger partial charge >= 0.3 is 0 Å². The van der Waals surface area contributed by atoms with Gasteiger partial charge in [0.1, 0.15) is 107 Å². The number of hydrogen-bond donors (Lipinski definition) is 12. The van der Waals surface area contributed by atoms with Crippen LogP contribution < -0.4 is 10.2 Å². The van der Waals surface area contributed by atoms with Crippen LogP contribution in [0.5, 0.6) is 17.2 Å². The SMILES string of the molecule is C[C@H]1O[C@@H](O[C@@H]2[C@@H](O)[C@H](O)[C@@H](CO)O[C@H]2c2c(O[C@@H]3O[C@H](CO)[C@@H](O)[C@H](O)[C@H]3O)cc3oc(-c4ccc(O)cc4)cc(=O)c3c2O)[C@@H](O)[C@@H](O)[C@H]1O. The van der Waals surface area contributed by atoms with E-state index in [1.54, 1.807) is 0 Å². The number of rotatable bonds is 8. The van der Waals surface area contributed by atoms with Crippen molar-refractivity contribution in [2.75, 3.05) is 13.2 Å². The maximum atomic E-state index is 13.6. The molecular formula is C33H40O19. The van der Waals surface area contributed by atoms with Crippen molar-refractivity contribution in [1.29, 1.82) is 0 Å². The molecule has 1 aromatic heterocycles. The number of aliphatic hydroxyl groups is 10. The molecule has 6 rings (SSSR count). The molecule has 3 aliphatic rings. The highest BCUT2D eigenvalue weighted by Crippen LogP contribution is 2.47. The fourth-order valence-electron chi connectivity index (χ4n) is 6.48. The zero-order valence-electron chi connectivity index (χ0n) is 27.3. The van der Waals surface area contributed by atoms with E-state index >= 15 is 0 Å². The van der Waals surface area contributed by atoms with E-state index in [2.05, 4.69) is 0 Å². The molecule has 52 heavy (non-hydrogen) atoms. The molecule has 3 fully saturated rings. The third-order valence-electron chi connectivity index (χ3n) is 9.49. The Kier molecular flexibility index (Phi) is 11.1. The van der Waals surface area contributed by atoms with E-state index in [0.717, 1.165) is 12.1 Å². The first-order valence-electron chi connectivity index (χ1n) is 16.2. The lowest BCUT2D eigenvalue weighted by molar-refractivity contribution is -0.338. The zero-order valence-corrected chi connectivity index (χ0v) is 27.3. The van der Waals surface area contributed by atoms with Gasteiger partial charge in [-0.1, -0.05) is 0 Å². The van der Waals surface area contributed by atoms with Crippen LogP contribution in [-0.2, 0) is 18.9 Å². The normalized spacial score (nSPS) is 38.3. The van der Waals surface area contributed by atoms with E-state index < -0.39 is 133 Å². The average Bonchev–Trinajstić information content (AvgIpc) is 3.12. The number of phenols is 2. The first kappa shape index (κ1) is 38.2. The second-order valence-corrected chi connectivity index (χ2v) is 12.9. The molecular weight excluding hydrogens is 700 g/mol. The molecule has 0 radical (unpaired) electrons. The molecule has 3 aliphatic heterocycles. The number of fused-ring (bicyclic) bond motifs is 1. The Labute approximate surface area is 293 Å². The van der Waals surface area contributed by atoms with E-state index in [4.69, 9.17) is 28.1 Å². The van der Waals surface area contributed by atoms with Gasteiger partial charge in [-0.3, -0.25) is 4.79 Å². The van der Waals surface area contributed by atoms with Crippen LogP contribution in [-0.4, -0.2) is 160 Å². The Morgan fingerprint density at radius 3 is 1.94 bits per heavy atom. The van der Waals surface area contributed by atoms with Crippen LogP contribution in [0.15, 0.2) is 45.6 Å². The molecule has 0 aliphatic carbocycles. The number of hydrogen-bond acceptors (Lipinski definition) is 19. The van der Waals surface area contributed by atoms with Gasteiger partial charge in [0.15, 0.2) is 11.7 Å². The average molecular weight is 741 g/mol. The Morgan fingerprint density at radius 2 is 1.29 bits per heavy atom. The zero-order chi connectivity index (χ0) is 37.8. The van der Waals surface area contributed by atoms with Gasteiger partial charge in [0, 0.05) is 17.7 Å². The molecule has 3 saturated heterocycles. The van der Waals surface area contributed by atoms with Crippen molar-refractivity contribution in [2.24, 2.45) is 0 Å². The number of ether oxygens (including phenoxy) is 5.